The molecular formula is C19H24N2O5. The minimum Gasteiger partial charge on any atom is -0.491 e. The number of ether oxygens (including phenoxy) is 1. The van der Waals surface area contributed by atoms with Gasteiger partial charge in [-0.15, -0.1) is 0 Å². The van der Waals surface area contributed by atoms with E-state index in [1.165, 1.54) is 0 Å². The van der Waals surface area contributed by atoms with Crippen LogP contribution in [0.25, 0.3) is 0 Å². The van der Waals surface area contributed by atoms with Crippen molar-refractivity contribution in [1.29, 1.82) is 0 Å². The summed E-state index contributed by atoms with van der Waals surface area (Å²) in [4.78, 5) is 38.2. The number of carbonyl (C=O) groups excluding carboxylic acids is 3. The molecule has 3 amide bonds. The molecule has 2 aliphatic rings. The zero-order valence-corrected chi connectivity index (χ0v) is 14.9. The number of nitrogens with zero attached hydrogens (tertiary/aromatic N) is 2. The molecule has 2 saturated heterocycles. The van der Waals surface area contributed by atoms with Gasteiger partial charge >= 0.3 is 6.03 Å². The maximum atomic E-state index is 12.2. The van der Waals surface area contributed by atoms with Gasteiger partial charge in [-0.3, -0.25) is 9.69 Å². The van der Waals surface area contributed by atoms with Crippen LogP contribution in [-0.4, -0.2) is 64.5 Å². The summed E-state index contributed by atoms with van der Waals surface area (Å²) in [6.45, 7) is 2.11. The predicted molar refractivity (Wildman–Crippen MR) is 93.8 cm³/mol. The molecule has 2 atom stereocenters. The van der Waals surface area contributed by atoms with Crippen LogP contribution in [0.4, 0.5) is 4.79 Å². The Hall–Kier alpha value is -2.41. The average molecular weight is 360 g/mol. The number of aliphatic hydroxyl groups excluding tert-OH is 1. The van der Waals surface area contributed by atoms with Gasteiger partial charge in [0, 0.05) is 13.0 Å². The van der Waals surface area contributed by atoms with Gasteiger partial charge < -0.3 is 19.5 Å². The van der Waals surface area contributed by atoms with Crippen molar-refractivity contribution in [1.82, 2.24) is 9.80 Å². The topological polar surface area (TPSA) is 87.2 Å². The number of aryl methyl sites for hydroxylation is 1. The van der Waals surface area contributed by atoms with Crippen LogP contribution < -0.4 is 4.74 Å². The maximum absolute atomic E-state index is 12.2. The lowest BCUT2D eigenvalue weighted by Crippen LogP contribution is -2.41. The summed E-state index contributed by atoms with van der Waals surface area (Å²) in [6, 6.07) is 6.67. The number of hydrogen-bond acceptors (Lipinski definition) is 5. The summed E-state index contributed by atoms with van der Waals surface area (Å²) < 4.78 is 5.54. The Kier molecular flexibility index (Phi) is 5.56. The van der Waals surface area contributed by atoms with Crippen molar-refractivity contribution >= 4 is 17.7 Å². The normalized spacial score (nSPS) is 20.5. The van der Waals surface area contributed by atoms with Crippen molar-refractivity contribution in [2.24, 2.45) is 0 Å². The van der Waals surface area contributed by atoms with E-state index < -0.39 is 6.10 Å². The third kappa shape index (κ3) is 4.04. The molecular weight excluding hydrogens is 336 g/mol. The number of β-amino-alcohol motifs (C(OH)–C–C–N with tert-alkyl or cyclic N) is 1. The smallest absolute Gasteiger partial charge is 0.327 e. The minimum absolute atomic E-state index is 0.00544. The summed E-state index contributed by atoms with van der Waals surface area (Å²) in [5, 5.41) is 10.1. The van der Waals surface area contributed by atoms with Crippen molar-refractivity contribution in [2.75, 3.05) is 19.7 Å². The number of fused-ring (bicyclic) bond motifs is 1. The molecule has 2 fully saturated rings. The lowest BCUT2D eigenvalue weighted by atomic mass is 10.1. The fourth-order valence-electron chi connectivity index (χ4n) is 3.38. The fourth-order valence-corrected chi connectivity index (χ4v) is 3.38. The van der Waals surface area contributed by atoms with Crippen molar-refractivity contribution in [3.05, 3.63) is 29.8 Å². The van der Waals surface area contributed by atoms with Crippen LogP contribution >= 0.6 is 0 Å². The highest BCUT2D eigenvalue weighted by atomic mass is 16.5. The van der Waals surface area contributed by atoms with E-state index in [9.17, 15) is 19.5 Å². The first-order valence-corrected chi connectivity index (χ1v) is 8.97. The van der Waals surface area contributed by atoms with E-state index in [0.29, 0.717) is 31.6 Å². The van der Waals surface area contributed by atoms with Crippen molar-refractivity contribution in [3.8, 4) is 5.75 Å². The van der Waals surface area contributed by atoms with E-state index in [1.807, 2.05) is 12.1 Å². The molecule has 1 N–H and O–H groups in total. The van der Waals surface area contributed by atoms with Crippen molar-refractivity contribution in [2.45, 2.75) is 44.8 Å². The summed E-state index contributed by atoms with van der Waals surface area (Å²) in [6.07, 6.45) is 1.80. The molecule has 1 aromatic rings. The van der Waals surface area contributed by atoms with Gasteiger partial charge in [0.1, 0.15) is 30.3 Å². The highest BCUT2D eigenvalue weighted by Crippen LogP contribution is 2.27. The molecule has 0 aliphatic carbocycles. The monoisotopic (exact) mass is 360 g/mol. The van der Waals surface area contributed by atoms with E-state index in [-0.39, 0.29) is 36.9 Å². The van der Waals surface area contributed by atoms with Gasteiger partial charge in [0.05, 0.1) is 6.54 Å². The molecule has 0 aromatic heterocycles. The van der Waals surface area contributed by atoms with Crippen LogP contribution in [-0.2, 0) is 16.0 Å². The highest BCUT2D eigenvalue weighted by molar-refractivity contribution is 6.04. The Balaban J connectivity index is 1.47. The molecule has 3 rings (SSSR count). The van der Waals surface area contributed by atoms with E-state index in [4.69, 9.17) is 4.74 Å². The summed E-state index contributed by atoms with van der Waals surface area (Å²) >= 11 is 0. The Morgan fingerprint density at radius 1 is 1.31 bits per heavy atom. The quantitative estimate of drug-likeness (QED) is 0.708. The van der Waals surface area contributed by atoms with Crippen LogP contribution in [0.2, 0.25) is 0 Å². The number of imide groups is 1. The van der Waals surface area contributed by atoms with Crippen molar-refractivity contribution < 1.29 is 24.2 Å². The highest BCUT2D eigenvalue weighted by Gasteiger charge is 2.47. The lowest BCUT2D eigenvalue weighted by Gasteiger charge is -2.19. The number of urea groups is 1. The van der Waals surface area contributed by atoms with Gasteiger partial charge in [-0.2, -0.15) is 0 Å². The predicted octanol–water partition coefficient (Wildman–Crippen LogP) is 1.37. The van der Waals surface area contributed by atoms with Gasteiger partial charge in [-0.25, -0.2) is 4.79 Å². The number of Topliss-reactive ketones (excluding diaryl/α,β-unsaturated/α-hetero) is 1. The third-order valence-corrected chi connectivity index (χ3v) is 4.81. The molecule has 0 bridgehead atoms. The zero-order chi connectivity index (χ0) is 18.7. The summed E-state index contributed by atoms with van der Waals surface area (Å²) in [5.74, 6) is 0.525. The number of carbonyl (C=O) groups is 3. The second kappa shape index (κ2) is 7.86. The largest absolute Gasteiger partial charge is 0.491 e. The van der Waals surface area contributed by atoms with Crippen LogP contribution in [0.1, 0.15) is 31.7 Å². The molecule has 0 spiro atoms. The number of benzene rings is 1. The molecule has 7 heteroatoms. The minimum atomic E-state index is -0.944. The first-order chi connectivity index (χ1) is 12.5. The fraction of sp³-hybridized carbons (Fsp3) is 0.526. The van der Waals surface area contributed by atoms with Crippen LogP contribution in [0.3, 0.4) is 0 Å². The van der Waals surface area contributed by atoms with Crippen LogP contribution in [0.15, 0.2) is 24.3 Å². The first kappa shape index (κ1) is 18.4. The van der Waals surface area contributed by atoms with E-state index in [2.05, 4.69) is 0 Å². The molecule has 0 saturated carbocycles. The van der Waals surface area contributed by atoms with E-state index >= 15 is 0 Å². The van der Waals surface area contributed by atoms with Gasteiger partial charge in [0.2, 0.25) is 0 Å². The Morgan fingerprint density at radius 3 is 2.69 bits per heavy atom. The molecule has 0 unspecified atom stereocenters. The molecule has 7 nitrogen and oxygen atoms in total. The Bertz CT molecular complexity index is 666. The van der Waals surface area contributed by atoms with Gasteiger partial charge in [-0.1, -0.05) is 12.1 Å². The first-order valence-electron chi connectivity index (χ1n) is 8.97. The molecule has 2 heterocycles. The SMILES string of the molecule is CC(=O)CCc1ccc(OC[C@H](O)CN2C(=O)[C@@H]3CCCN3C2=O)cc1. The van der Waals surface area contributed by atoms with Gasteiger partial charge in [0.25, 0.3) is 5.91 Å². The number of rotatable bonds is 8. The summed E-state index contributed by atoms with van der Waals surface area (Å²) in [5.41, 5.74) is 1.04. The maximum Gasteiger partial charge on any atom is 0.327 e. The van der Waals surface area contributed by atoms with E-state index in [0.717, 1.165) is 16.9 Å². The average Bonchev–Trinajstić information content (AvgIpc) is 3.19. The molecule has 2 aliphatic heterocycles. The molecule has 1 aromatic carbocycles. The lowest BCUT2D eigenvalue weighted by molar-refractivity contribution is -0.129. The number of amides is 3. The molecule has 26 heavy (non-hydrogen) atoms. The molecule has 0 radical (unpaired) electrons. The van der Waals surface area contributed by atoms with Gasteiger partial charge in [-0.05, 0) is 43.9 Å². The number of aliphatic hydroxyl groups is 1. The second-order valence-corrected chi connectivity index (χ2v) is 6.89. The molecule has 140 valence electrons. The Morgan fingerprint density at radius 2 is 2.04 bits per heavy atom. The third-order valence-electron chi connectivity index (χ3n) is 4.81. The Labute approximate surface area is 152 Å². The summed E-state index contributed by atoms with van der Waals surface area (Å²) in [7, 11) is 0. The van der Waals surface area contributed by atoms with E-state index in [1.54, 1.807) is 24.0 Å². The van der Waals surface area contributed by atoms with Gasteiger partial charge in [0.15, 0.2) is 0 Å². The second-order valence-electron chi connectivity index (χ2n) is 6.89. The van der Waals surface area contributed by atoms with Crippen LogP contribution in [0.5, 0.6) is 5.75 Å². The standard InChI is InChI=1S/C19H24N2O5/c1-13(22)4-5-14-6-8-16(9-7-14)26-12-15(23)11-21-18(24)17-3-2-10-20(17)19(21)25/h6-9,15,17,23H,2-5,10-12H2,1H3/t15-,17+/m1/s1. The van der Waals surface area contributed by atoms with Crippen molar-refractivity contribution in [3.63, 3.8) is 0 Å². The zero-order valence-electron chi connectivity index (χ0n) is 14.9. The number of ketones is 1. The van der Waals surface area contributed by atoms with Crippen LogP contribution in [0, 0.1) is 0 Å². The number of hydrogen-bond donors (Lipinski definition) is 1.